The number of ether oxygens (including phenoxy) is 1. The molecule has 0 aromatic rings. The number of hydrogen-bond acceptors (Lipinski definition) is 3. The van der Waals surface area contributed by atoms with Gasteiger partial charge in [-0.05, 0) is 12.8 Å². The molecule has 5 nitrogen and oxygen atoms in total. The van der Waals surface area contributed by atoms with Gasteiger partial charge in [-0.15, -0.1) is 6.58 Å². The van der Waals surface area contributed by atoms with Crippen LogP contribution < -0.4 is 5.32 Å². The van der Waals surface area contributed by atoms with E-state index in [4.69, 9.17) is 9.84 Å². The largest absolute Gasteiger partial charge is 0.479 e. The maximum absolute atomic E-state index is 11.3. The van der Waals surface area contributed by atoms with Crippen molar-refractivity contribution in [1.82, 2.24) is 5.32 Å². The highest BCUT2D eigenvalue weighted by atomic mass is 16.5. The van der Waals surface area contributed by atoms with Crippen molar-refractivity contribution in [3.05, 3.63) is 12.7 Å². The van der Waals surface area contributed by atoms with Gasteiger partial charge in [-0.3, -0.25) is 0 Å². The Hall–Kier alpha value is -1.52. The molecule has 1 aliphatic rings. The summed E-state index contributed by atoms with van der Waals surface area (Å²) < 4.78 is 4.85. The van der Waals surface area contributed by atoms with Crippen LogP contribution in [0.2, 0.25) is 0 Å². The molecule has 1 amide bonds. The summed E-state index contributed by atoms with van der Waals surface area (Å²) in [6.07, 6.45) is 2.96. The molecule has 1 fully saturated rings. The van der Waals surface area contributed by atoms with E-state index in [1.165, 1.54) is 0 Å². The van der Waals surface area contributed by atoms with Crippen LogP contribution in [0.3, 0.4) is 0 Å². The predicted molar refractivity (Wildman–Crippen MR) is 58.1 cm³/mol. The minimum Gasteiger partial charge on any atom is -0.479 e. The average molecular weight is 227 g/mol. The van der Waals surface area contributed by atoms with E-state index in [0.717, 1.165) is 12.8 Å². The molecular formula is C11H17NO4. The quantitative estimate of drug-likeness (QED) is 0.533. The highest BCUT2D eigenvalue weighted by molar-refractivity contribution is 5.88. The molecular weight excluding hydrogens is 210 g/mol. The lowest BCUT2D eigenvalue weighted by Crippen LogP contribution is -2.45. The number of unbranched alkanes of at least 4 members (excludes halogenated alkanes) is 1. The molecule has 0 aliphatic heterocycles. The van der Waals surface area contributed by atoms with Crippen molar-refractivity contribution in [1.29, 1.82) is 0 Å². The lowest BCUT2D eigenvalue weighted by atomic mass is 10.2. The second kappa shape index (κ2) is 5.01. The topological polar surface area (TPSA) is 75.6 Å². The van der Waals surface area contributed by atoms with E-state index in [1.54, 1.807) is 6.08 Å². The van der Waals surface area contributed by atoms with Crippen LogP contribution in [0.4, 0.5) is 4.79 Å². The van der Waals surface area contributed by atoms with Gasteiger partial charge in [0.1, 0.15) is 5.54 Å². The molecule has 90 valence electrons. The van der Waals surface area contributed by atoms with Crippen LogP contribution in [-0.2, 0) is 9.53 Å². The molecule has 0 spiro atoms. The van der Waals surface area contributed by atoms with Gasteiger partial charge in [0.05, 0.1) is 6.61 Å². The molecule has 0 aromatic heterocycles. The number of amides is 1. The van der Waals surface area contributed by atoms with Crippen molar-refractivity contribution < 1.29 is 19.4 Å². The number of carbonyl (C=O) groups excluding carboxylic acids is 1. The number of carboxylic acid groups (broad SMARTS) is 1. The second-order valence-corrected chi connectivity index (χ2v) is 3.94. The van der Waals surface area contributed by atoms with E-state index in [9.17, 15) is 9.59 Å². The lowest BCUT2D eigenvalue weighted by Gasteiger charge is -2.13. The van der Waals surface area contributed by atoms with Crippen LogP contribution in [0.25, 0.3) is 0 Å². The minimum absolute atomic E-state index is 0.205. The molecule has 0 saturated heterocycles. The van der Waals surface area contributed by atoms with Crippen molar-refractivity contribution in [3.63, 3.8) is 0 Å². The van der Waals surface area contributed by atoms with E-state index < -0.39 is 17.6 Å². The number of rotatable bonds is 6. The molecule has 0 aromatic carbocycles. The lowest BCUT2D eigenvalue weighted by molar-refractivity contribution is -0.140. The molecule has 5 heteroatoms. The molecule has 2 atom stereocenters. The number of carboxylic acids is 1. The second-order valence-electron chi connectivity index (χ2n) is 3.94. The Morgan fingerprint density at radius 3 is 2.81 bits per heavy atom. The molecule has 2 N–H and O–H groups in total. The van der Waals surface area contributed by atoms with Crippen LogP contribution >= 0.6 is 0 Å². The number of nitrogens with one attached hydrogen (secondary N) is 1. The SMILES string of the molecule is C=C[C@@H]1CC1(NC(=O)OCCCC)C(=O)O. The summed E-state index contributed by atoms with van der Waals surface area (Å²) in [5.74, 6) is -1.24. The first-order chi connectivity index (χ1) is 7.56. The van der Waals surface area contributed by atoms with E-state index in [1.807, 2.05) is 6.92 Å². The molecule has 1 rings (SSSR count). The summed E-state index contributed by atoms with van der Waals surface area (Å²) in [6, 6.07) is 0. The van der Waals surface area contributed by atoms with Gasteiger partial charge < -0.3 is 15.2 Å². The Bertz CT molecular complexity index is 302. The molecule has 0 radical (unpaired) electrons. The van der Waals surface area contributed by atoms with Crippen molar-refractivity contribution in [3.8, 4) is 0 Å². The van der Waals surface area contributed by atoms with Gasteiger partial charge >= 0.3 is 12.1 Å². The first kappa shape index (κ1) is 12.5. The molecule has 1 aliphatic carbocycles. The molecule has 1 unspecified atom stereocenters. The monoisotopic (exact) mass is 227 g/mol. The van der Waals surface area contributed by atoms with Crippen LogP contribution in [0.15, 0.2) is 12.7 Å². The van der Waals surface area contributed by atoms with E-state index in [-0.39, 0.29) is 5.92 Å². The summed E-state index contributed by atoms with van der Waals surface area (Å²) in [5, 5.41) is 11.4. The van der Waals surface area contributed by atoms with Gasteiger partial charge in [0.2, 0.25) is 0 Å². The Morgan fingerprint density at radius 2 is 2.38 bits per heavy atom. The van der Waals surface area contributed by atoms with E-state index >= 15 is 0 Å². The van der Waals surface area contributed by atoms with E-state index in [0.29, 0.717) is 13.0 Å². The Balaban J connectivity index is 2.43. The minimum atomic E-state index is -1.19. The normalized spacial score (nSPS) is 26.9. The van der Waals surface area contributed by atoms with Gasteiger partial charge in [-0.25, -0.2) is 9.59 Å². The summed E-state index contributed by atoms with van der Waals surface area (Å²) in [4.78, 5) is 22.3. The summed E-state index contributed by atoms with van der Waals surface area (Å²) in [5.41, 5.74) is -1.19. The van der Waals surface area contributed by atoms with Gasteiger partial charge in [0.15, 0.2) is 0 Å². The summed E-state index contributed by atoms with van der Waals surface area (Å²) in [6.45, 7) is 5.82. The highest BCUT2D eigenvalue weighted by Gasteiger charge is 2.60. The maximum Gasteiger partial charge on any atom is 0.408 e. The first-order valence-corrected chi connectivity index (χ1v) is 5.37. The number of hydrogen-bond donors (Lipinski definition) is 2. The fourth-order valence-corrected chi connectivity index (χ4v) is 1.54. The fraction of sp³-hybridized carbons (Fsp3) is 0.636. The molecule has 0 heterocycles. The van der Waals surface area contributed by atoms with Gasteiger partial charge in [-0.2, -0.15) is 0 Å². The summed E-state index contributed by atoms with van der Waals surface area (Å²) >= 11 is 0. The Kier molecular flexibility index (Phi) is 3.93. The molecule has 0 bridgehead atoms. The number of carbonyl (C=O) groups is 2. The van der Waals surface area contributed by atoms with Crippen LogP contribution in [0.5, 0.6) is 0 Å². The van der Waals surface area contributed by atoms with Crippen LogP contribution in [0, 0.1) is 5.92 Å². The zero-order valence-corrected chi connectivity index (χ0v) is 9.36. The maximum atomic E-state index is 11.3. The zero-order valence-electron chi connectivity index (χ0n) is 9.36. The fourth-order valence-electron chi connectivity index (χ4n) is 1.54. The third-order valence-electron chi connectivity index (χ3n) is 2.74. The van der Waals surface area contributed by atoms with Crippen molar-refractivity contribution in [2.75, 3.05) is 6.61 Å². The van der Waals surface area contributed by atoms with Gasteiger partial charge in [0.25, 0.3) is 0 Å². The Labute approximate surface area is 94.5 Å². The zero-order chi connectivity index (χ0) is 12.2. The molecule has 1 saturated carbocycles. The number of aliphatic carboxylic acids is 1. The van der Waals surface area contributed by atoms with Crippen LogP contribution in [-0.4, -0.2) is 29.3 Å². The smallest absolute Gasteiger partial charge is 0.408 e. The average Bonchev–Trinajstić information content (AvgIpc) is 2.93. The van der Waals surface area contributed by atoms with Crippen LogP contribution in [0.1, 0.15) is 26.2 Å². The van der Waals surface area contributed by atoms with Crippen molar-refractivity contribution >= 4 is 12.1 Å². The molecule has 16 heavy (non-hydrogen) atoms. The van der Waals surface area contributed by atoms with Crippen molar-refractivity contribution in [2.45, 2.75) is 31.7 Å². The van der Waals surface area contributed by atoms with E-state index in [2.05, 4.69) is 11.9 Å². The highest BCUT2D eigenvalue weighted by Crippen LogP contribution is 2.44. The predicted octanol–water partition coefficient (Wildman–Crippen LogP) is 1.54. The first-order valence-electron chi connectivity index (χ1n) is 5.37. The summed E-state index contributed by atoms with van der Waals surface area (Å²) in [7, 11) is 0. The van der Waals surface area contributed by atoms with Gasteiger partial charge in [0, 0.05) is 5.92 Å². The third kappa shape index (κ3) is 2.53. The van der Waals surface area contributed by atoms with Crippen molar-refractivity contribution in [2.24, 2.45) is 5.92 Å². The standard InChI is InChI=1S/C11H17NO4/c1-3-5-6-16-10(15)12-11(9(13)14)7-8(11)4-2/h4,8H,2-3,5-7H2,1H3,(H,12,15)(H,13,14)/t8-,11?/m1/s1. The number of alkyl carbamates (subject to hydrolysis) is 1. The third-order valence-corrected chi connectivity index (χ3v) is 2.74. The van der Waals surface area contributed by atoms with Gasteiger partial charge in [-0.1, -0.05) is 19.4 Å². The Morgan fingerprint density at radius 1 is 1.69 bits per heavy atom.